The minimum absolute atomic E-state index is 0.0671. The van der Waals surface area contributed by atoms with Crippen LogP contribution in [0.1, 0.15) is 27.0 Å². The Balaban J connectivity index is 1.41. The molecule has 140 valence electrons. The first-order chi connectivity index (χ1) is 13.1. The predicted octanol–water partition coefficient (Wildman–Crippen LogP) is 2.77. The minimum Gasteiger partial charge on any atom is -0.486 e. The van der Waals surface area contributed by atoms with Crippen LogP contribution in [0, 0.1) is 6.92 Å². The van der Waals surface area contributed by atoms with Crippen LogP contribution in [0.4, 0.5) is 4.79 Å². The second-order valence-corrected chi connectivity index (χ2v) is 6.45. The lowest BCUT2D eigenvalue weighted by Crippen LogP contribution is -2.46. The average Bonchev–Trinajstić information content (AvgIpc) is 3.32. The van der Waals surface area contributed by atoms with Crippen molar-refractivity contribution in [2.24, 2.45) is 0 Å². The maximum Gasteiger partial charge on any atom is 0.333 e. The highest BCUT2D eigenvalue weighted by Crippen LogP contribution is 2.13. The topological polar surface area (TPSA) is 105 Å². The molecule has 27 heavy (non-hydrogen) atoms. The fourth-order valence-corrected chi connectivity index (χ4v) is 2.82. The van der Waals surface area contributed by atoms with Crippen molar-refractivity contribution in [2.75, 3.05) is 0 Å². The molecule has 3 aromatic rings. The summed E-state index contributed by atoms with van der Waals surface area (Å²) in [5.41, 5.74) is 5.43. The van der Waals surface area contributed by atoms with Gasteiger partial charge in [0.25, 0.3) is 0 Å². The van der Waals surface area contributed by atoms with Gasteiger partial charge < -0.3 is 14.5 Å². The van der Waals surface area contributed by atoms with Gasteiger partial charge in [0.1, 0.15) is 23.1 Å². The number of benzene rings is 1. The van der Waals surface area contributed by atoms with E-state index in [4.69, 9.17) is 9.15 Å². The third-order valence-electron chi connectivity index (χ3n) is 3.37. The molecule has 0 aliphatic rings. The summed E-state index contributed by atoms with van der Waals surface area (Å²) >= 11 is 1.45. The Hall–Kier alpha value is -3.33. The van der Waals surface area contributed by atoms with Crippen LogP contribution in [0.3, 0.4) is 0 Å². The number of furan rings is 1. The number of nitrogens with one attached hydrogen (secondary N) is 3. The van der Waals surface area contributed by atoms with Crippen LogP contribution in [-0.4, -0.2) is 16.9 Å². The molecular weight excluding hydrogens is 368 g/mol. The lowest BCUT2D eigenvalue weighted by molar-refractivity contribution is 0.0904. The molecule has 2 aromatic heterocycles. The van der Waals surface area contributed by atoms with E-state index in [2.05, 4.69) is 21.2 Å². The summed E-state index contributed by atoms with van der Waals surface area (Å²) in [6.07, 6.45) is 0. The highest BCUT2D eigenvalue weighted by molar-refractivity contribution is 7.09. The van der Waals surface area contributed by atoms with E-state index in [0.29, 0.717) is 11.5 Å². The van der Waals surface area contributed by atoms with E-state index in [9.17, 15) is 9.59 Å². The molecule has 0 aliphatic heterocycles. The molecule has 0 saturated heterocycles. The number of carbonyl (C=O) groups is 2. The van der Waals surface area contributed by atoms with Crippen molar-refractivity contribution < 1.29 is 18.7 Å². The second kappa shape index (κ2) is 8.86. The number of aromatic nitrogens is 1. The van der Waals surface area contributed by atoms with E-state index < -0.39 is 11.9 Å². The lowest BCUT2D eigenvalue weighted by atomic mass is 10.3. The Bertz CT molecular complexity index is 907. The van der Waals surface area contributed by atoms with Crippen LogP contribution >= 0.6 is 11.3 Å². The van der Waals surface area contributed by atoms with E-state index in [1.54, 1.807) is 6.07 Å². The van der Waals surface area contributed by atoms with E-state index >= 15 is 0 Å². The van der Waals surface area contributed by atoms with Crippen molar-refractivity contribution >= 4 is 23.3 Å². The number of carbonyl (C=O) groups excluding carboxylic acids is 2. The van der Waals surface area contributed by atoms with Gasteiger partial charge in [0.15, 0.2) is 5.76 Å². The highest BCUT2D eigenvalue weighted by atomic mass is 32.1. The number of urea groups is 1. The Morgan fingerprint density at radius 1 is 1.15 bits per heavy atom. The van der Waals surface area contributed by atoms with E-state index in [1.165, 1.54) is 17.4 Å². The van der Waals surface area contributed by atoms with E-state index in [1.807, 2.05) is 42.6 Å². The van der Waals surface area contributed by atoms with Gasteiger partial charge in [-0.3, -0.25) is 10.2 Å². The molecule has 0 unspecified atom stereocenters. The van der Waals surface area contributed by atoms with Crippen molar-refractivity contribution in [3.05, 3.63) is 70.1 Å². The molecular formula is C18H18N4O4S. The Labute approximate surface area is 159 Å². The number of amides is 3. The summed E-state index contributed by atoms with van der Waals surface area (Å²) in [5, 5.41) is 5.27. The largest absolute Gasteiger partial charge is 0.486 e. The Kier molecular flexibility index (Phi) is 6.06. The van der Waals surface area contributed by atoms with Gasteiger partial charge in [0.05, 0.1) is 6.54 Å². The number of aryl methyl sites for hydroxylation is 1. The molecule has 0 fully saturated rings. The summed E-state index contributed by atoms with van der Waals surface area (Å²) in [6, 6.07) is 11.9. The predicted molar refractivity (Wildman–Crippen MR) is 99.2 cm³/mol. The van der Waals surface area contributed by atoms with Crippen molar-refractivity contribution in [2.45, 2.75) is 20.1 Å². The first-order valence-electron chi connectivity index (χ1n) is 8.12. The fraction of sp³-hybridized carbons (Fsp3) is 0.167. The number of thiazole rings is 1. The molecule has 2 heterocycles. The number of hydrazine groups is 1. The zero-order chi connectivity index (χ0) is 19.1. The standard InChI is InChI=1S/C18H18N4O4S/c1-12-11-27-16(20-12)9-19-18(24)22-21-17(23)15-8-7-14(26-15)10-25-13-5-3-2-4-6-13/h2-8,11H,9-10H2,1H3,(H,21,23)(H2,19,22,24). The molecule has 0 saturated carbocycles. The van der Waals surface area contributed by atoms with Crippen LogP contribution < -0.4 is 20.9 Å². The summed E-state index contributed by atoms with van der Waals surface area (Å²) in [4.78, 5) is 28.0. The zero-order valence-corrected chi connectivity index (χ0v) is 15.3. The molecule has 0 radical (unpaired) electrons. The third kappa shape index (κ3) is 5.58. The van der Waals surface area contributed by atoms with E-state index in [-0.39, 0.29) is 18.9 Å². The van der Waals surface area contributed by atoms with Gasteiger partial charge in [-0.1, -0.05) is 18.2 Å². The number of ether oxygens (including phenoxy) is 1. The van der Waals surface area contributed by atoms with Crippen LogP contribution in [0.15, 0.2) is 52.3 Å². The van der Waals surface area contributed by atoms with Gasteiger partial charge in [-0.05, 0) is 31.2 Å². The molecule has 0 aliphatic carbocycles. The molecule has 0 bridgehead atoms. The van der Waals surface area contributed by atoms with Crippen molar-refractivity contribution in [1.29, 1.82) is 0 Å². The smallest absolute Gasteiger partial charge is 0.333 e. The van der Waals surface area contributed by atoms with Crippen LogP contribution in [0.5, 0.6) is 5.75 Å². The number of nitrogens with zero attached hydrogens (tertiary/aromatic N) is 1. The first-order valence-corrected chi connectivity index (χ1v) is 9.00. The van der Waals surface area contributed by atoms with Gasteiger partial charge in [-0.25, -0.2) is 15.2 Å². The average molecular weight is 386 g/mol. The molecule has 8 nitrogen and oxygen atoms in total. The summed E-state index contributed by atoms with van der Waals surface area (Å²) in [6.45, 7) is 2.35. The molecule has 0 atom stereocenters. The maximum absolute atomic E-state index is 12.0. The molecule has 9 heteroatoms. The minimum atomic E-state index is -0.568. The normalized spacial score (nSPS) is 10.3. The molecule has 3 amide bonds. The molecule has 1 aromatic carbocycles. The van der Waals surface area contributed by atoms with Crippen molar-refractivity contribution in [1.82, 2.24) is 21.2 Å². The van der Waals surface area contributed by atoms with Crippen LogP contribution in [-0.2, 0) is 13.2 Å². The molecule has 3 rings (SSSR count). The summed E-state index contributed by atoms with van der Waals surface area (Å²) in [7, 11) is 0. The Morgan fingerprint density at radius 2 is 1.96 bits per heavy atom. The monoisotopic (exact) mass is 386 g/mol. The fourth-order valence-electron chi connectivity index (χ4n) is 2.11. The van der Waals surface area contributed by atoms with Gasteiger partial charge in [0, 0.05) is 11.1 Å². The summed E-state index contributed by atoms with van der Waals surface area (Å²) < 4.78 is 11.0. The Morgan fingerprint density at radius 3 is 2.70 bits per heavy atom. The number of rotatable bonds is 6. The third-order valence-corrected chi connectivity index (χ3v) is 4.33. The van der Waals surface area contributed by atoms with Crippen LogP contribution in [0.2, 0.25) is 0 Å². The highest BCUT2D eigenvalue weighted by Gasteiger charge is 2.12. The number of hydrogen-bond acceptors (Lipinski definition) is 6. The quantitative estimate of drug-likeness (QED) is 0.565. The molecule has 0 spiro atoms. The van der Waals surface area contributed by atoms with E-state index in [0.717, 1.165) is 10.7 Å². The first kappa shape index (κ1) is 18.5. The van der Waals surface area contributed by atoms with Crippen molar-refractivity contribution in [3.8, 4) is 5.75 Å². The number of hydrogen-bond donors (Lipinski definition) is 3. The molecule has 3 N–H and O–H groups in total. The zero-order valence-electron chi connectivity index (χ0n) is 14.5. The second-order valence-electron chi connectivity index (χ2n) is 5.51. The lowest BCUT2D eigenvalue weighted by Gasteiger charge is -2.07. The van der Waals surface area contributed by atoms with Gasteiger partial charge in [-0.2, -0.15) is 0 Å². The van der Waals surface area contributed by atoms with Gasteiger partial charge in [-0.15, -0.1) is 11.3 Å². The van der Waals surface area contributed by atoms with Crippen LogP contribution in [0.25, 0.3) is 0 Å². The van der Waals surface area contributed by atoms with Gasteiger partial charge in [0.2, 0.25) is 0 Å². The number of para-hydroxylation sites is 1. The maximum atomic E-state index is 12.0. The summed E-state index contributed by atoms with van der Waals surface area (Å²) in [5.74, 6) is 0.694. The van der Waals surface area contributed by atoms with Crippen molar-refractivity contribution in [3.63, 3.8) is 0 Å². The SMILES string of the molecule is Cc1csc(CNC(=O)NNC(=O)c2ccc(COc3ccccc3)o2)n1. The van der Waals surface area contributed by atoms with Gasteiger partial charge >= 0.3 is 11.9 Å².